The summed E-state index contributed by atoms with van der Waals surface area (Å²) in [5.74, 6) is -0.680. The Hall–Kier alpha value is -2.80. The highest BCUT2D eigenvalue weighted by molar-refractivity contribution is 5.90. The second-order valence-electron chi connectivity index (χ2n) is 4.34. The Morgan fingerprint density at radius 3 is 2.70 bits per heavy atom. The molecule has 0 bridgehead atoms. The molecule has 0 saturated heterocycles. The first-order valence-corrected chi connectivity index (χ1v) is 6.06. The molecule has 0 spiro atoms. The van der Waals surface area contributed by atoms with Crippen LogP contribution in [-0.4, -0.2) is 11.1 Å². The van der Waals surface area contributed by atoms with Gasteiger partial charge in [0, 0.05) is 0 Å². The molecule has 0 fully saturated rings. The number of rotatable bonds is 4. The summed E-state index contributed by atoms with van der Waals surface area (Å²) < 4.78 is 5.58. The highest BCUT2D eigenvalue weighted by Crippen LogP contribution is 2.20. The molecule has 0 atom stereocenters. The normalized spacial score (nSPS) is 9.80. The lowest BCUT2D eigenvalue weighted by atomic mass is 10.1. The van der Waals surface area contributed by atoms with Gasteiger partial charge >= 0.3 is 5.97 Å². The maximum absolute atomic E-state index is 11.1. The quantitative estimate of drug-likeness (QED) is 0.923. The fourth-order valence-corrected chi connectivity index (χ4v) is 1.85. The molecular formula is C16H13NO3. The Labute approximate surface area is 116 Å². The molecule has 0 aliphatic heterocycles. The predicted molar refractivity (Wildman–Crippen MR) is 73.6 cm³/mol. The number of aryl methyl sites for hydroxylation is 1. The number of benzene rings is 2. The van der Waals surface area contributed by atoms with Crippen molar-refractivity contribution in [3.8, 4) is 11.8 Å². The first-order chi connectivity index (χ1) is 9.61. The van der Waals surface area contributed by atoms with Crippen LogP contribution in [0.2, 0.25) is 0 Å². The minimum atomic E-state index is -1.02. The van der Waals surface area contributed by atoms with Crippen LogP contribution in [0.4, 0.5) is 0 Å². The summed E-state index contributed by atoms with van der Waals surface area (Å²) in [6.45, 7) is 2.16. The molecular weight excluding hydrogens is 254 g/mol. The summed E-state index contributed by atoms with van der Waals surface area (Å²) in [7, 11) is 0. The first kappa shape index (κ1) is 13.6. The molecule has 1 N–H and O–H groups in total. The minimum Gasteiger partial charge on any atom is -0.488 e. The fourth-order valence-electron chi connectivity index (χ4n) is 1.85. The summed E-state index contributed by atoms with van der Waals surface area (Å²) in [6.07, 6.45) is 0. The maximum atomic E-state index is 11.1. The van der Waals surface area contributed by atoms with Crippen LogP contribution in [0.25, 0.3) is 0 Å². The zero-order chi connectivity index (χ0) is 14.5. The Morgan fingerprint density at radius 1 is 1.30 bits per heavy atom. The summed E-state index contributed by atoms with van der Waals surface area (Å²) >= 11 is 0. The third kappa shape index (κ3) is 2.96. The molecule has 0 unspecified atom stereocenters. The Bertz CT molecular complexity index is 686. The number of nitriles is 1. The van der Waals surface area contributed by atoms with Gasteiger partial charge in [-0.25, -0.2) is 4.79 Å². The van der Waals surface area contributed by atoms with Gasteiger partial charge in [0.05, 0.1) is 11.6 Å². The number of ether oxygens (including phenoxy) is 1. The van der Waals surface area contributed by atoms with E-state index in [1.165, 1.54) is 6.07 Å². The molecule has 0 aromatic heterocycles. The summed E-state index contributed by atoms with van der Waals surface area (Å²) in [5, 5.41) is 17.9. The Morgan fingerprint density at radius 2 is 2.05 bits per heavy atom. The van der Waals surface area contributed by atoms with Crippen LogP contribution in [0.15, 0.2) is 42.5 Å². The summed E-state index contributed by atoms with van der Waals surface area (Å²) in [6, 6.07) is 13.9. The van der Waals surface area contributed by atoms with Crippen LogP contribution in [-0.2, 0) is 6.61 Å². The number of carbonyl (C=O) groups is 1. The van der Waals surface area contributed by atoms with Gasteiger partial charge < -0.3 is 9.84 Å². The van der Waals surface area contributed by atoms with Gasteiger partial charge in [-0.2, -0.15) is 5.26 Å². The number of nitrogens with zero attached hydrogens (tertiary/aromatic N) is 1. The molecule has 0 amide bonds. The van der Waals surface area contributed by atoms with Gasteiger partial charge in [0.15, 0.2) is 0 Å². The fraction of sp³-hybridized carbons (Fsp3) is 0.125. The molecule has 0 saturated carbocycles. The smallest absolute Gasteiger partial charge is 0.339 e. The van der Waals surface area contributed by atoms with E-state index in [2.05, 4.69) is 6.07 Å². The standard InChI is InChI=1S/C16H13NO3/c1-11-8-12(9-17)6-7-13(11)10-20-15-5-3-2-4-14(15)16(18)19/h2-8H,10H2,1H3,(H,18,19). The molecule has 2 aromatic carbocycles. The number of carboxylic acid groups (broad SMARTS) is 1. The summed E-state index contributed by atoms with van der Waals surface area (Å²) in [5.41, 5.74) is 2.59. The predicted octanol–water partition coefficient (Wildman–Crippen LogP) is 3.14. The van der Waals surface area contributed by atoms with Crippen molar-refractivity contribution in [2.24, 2.45) is 0 Å². The molecule has 100 valence electrons. The van der Waals surface area contributed by atoms with Gasteiger partial charge in [0.2, 0.25) is 0 Å². The van der Waals surface area contributed by atoms with Gasteiger partial charge in [-0.1, -0.05) is 18.2 Å². The zero-order valence-corrected chi connectivity index (χ0v) is 11.0. The van der Waals surface area contributed by atoms with E-state index in [1.54, 1.807) is 30.3 Å². The van der Waals surface area contributed by atoms with E-state index in [9.17, 15) is 4.79 Å². The average Bonchev–Trinajstić information content (AvgIpc) is 2.46. The SMILES string of the molecule is Cc1cc(C#N)ccc1COc1ccccc1C(=O)O. The minimum absolute atomic E-state index is 0.138. The third-order valence-electron chi connectivity index (χ3n) is 2.97. The average molecular weight is 267 g/mol. The van der Waals surface area contributed by atoms with Crippen molar-refractivity contribution in [3.63, 3.8) is 0 Å². The van der Waals surface area contributed by atoms with Crippen molar-refractivity contribution in [2.45, 2.75) is 13.5 Å². The maximum Gasteiger partial charge on any atom is 0.339 e. The van der Waals surface area contributed by atoms with E-state index >= 15 is 0 Å². The van der Waals surface area contributed by atoms with Gasteiger partial charge in [0.1, 0.15) is 17.9 Å². The van der Waals surface area contributed by atoms with Gasteiger partial charge in [-0.05, 0) is 42.3 Å². The number of hydrogen-bond donors (Lipinski definition) is 1. The van der Waals surface area contributed by atoms with Crippen LogP contribution in [0.5, 0.6) is 5.75 Å². The monoisotopic (exact) mass is 267 g/mol. The van der Waals surface area contributed by atoms with Crippen molar-refractivity contribution < 1.29 is 14.6 Å². The zero-order valence-electron chi connectivity index (χ0n) is 11.0. The van der Waals surface area contributed by atoms with Gasteiger partial charge in [-0.15, -0.1) is 0 Å². The van der Waals surface area contributed by atoms with Crippen LogP contribution < -0.4 is 4.74 Å². The molecule has 4 heteroatoms. The van der Waals surface area contributed by atoms with Gasteiger partial charge in [0.25, 0.3) is 0 Å². The molecule has 4 nitrogen and oxygen atoms in total. The molecule has 0 radical (unpaired) electrons. The number of para-hydroxylation sites is 1. The largest absolute Gasteiger partial charge is 0.488 e. The van der Waals surface area contributed by atoms with Crippen LogP contribution in [0.1, 0.15) is 27.0 Å². The van der Waals surface area contributed by atoms with Crippen LogP contribution >= 0.6 is 0 Å². The molecule has 20 heavy (non-hydrogen) atoms. The van der Waals surface area contributed by atoms with Crippen molar-refractivity contribution in [1.82, 2.24) is 0 Å². The van der Waals surface area contributed by atoms with Crippen molar-refractivity contribution in [2.75, 3.05) is 0 Å². The van der Waals surface area contributed by atoms with E-state index < -0.39 is 5.97 Å². The molecule has 2 aromatic rings. The topological polar surface area (TPSA) is 70.3 Å². The lowest BCUT2D eigenvalue weighted by Gasteiger charge is -2.10. The Balaban J connectivity index is 2.18. The molecule has 2 rings (SSSR count). The highest BCUT2D eigenvalue weighted by atomic mass is 16.5. The third-order valence-corrected chi connectivity index (χ3v) is 2.97. The van der Waals surface area contributed by atoms with Crippen LogP contribution in [0.3, 0.4) is 0 Å². The Kier molecular flexibility index (Phi) is 4.02. The highest BCUT2D eigenvalue weighted by Gasteiger charge is 2.10. The molecule has 0 aliphatic rings. The van der Waals surface area contributed by atoms with Crippen LogP contribution in [0, 0.1) is 18.3 Å². The lowest BCUT2D eigenvalue weighted by molar-refractivity contribution is 0.0692. The lowest BCUT2D eigenvalue weighted by Crippen LogP contribution is -2.04. The number of carboxylic acids is 1. The van der Waals surface area contributed by atoms with Crippen molar-refractivity contribution >= 4 is 5.97 Å². The first-order valence-electron chi connectivity index (χ1n) is 6.06. The second-order valence-corrected chi connectivity index (χ2v) is 4.34. The van der Waals surface area contributed by atoms with E-state index in [0.29, 0.717) is 11.3 Å². The summed E-state index contributed by atoms with van der Waals surface area (Å²) in [4.78, 5) is 11.1. The van der Waals surface area contributed by atoms with E-state index in [0.717, 1.165) is 11.1 Å². The molecule has 0 aliphatic carbocycles. The van der Waals surface area contributed by atoms with E-state index in [4.69, 9.17) is 15.1 Å². The second kappa shape index (κ2) is 5.89. The number of aromatic carboxylic acids is 1. The van der Waals surface area contributed by atoms with E-state index in [-0.39, 0.29) is 12.2 Å². The number of hydrogen-bond acceptors (Lipinski definition) is 3. The van der Waals surface area contributed by atoms with Gasteiger partial charge in [-0.3, -0.25) is 0 Å². The van der Waals surface area contributed by atoms with Crippen molar-refractivity contribution in [3.05, 3.63) is 64.7 Å². The van der Waals surface area contributed by atoms with E-state index in [1.807, 2.05) is 13.0 Å². The molecule has 0 heterocycles. The van der Waals surface area contributed by atoms with Crippen molar-refractivity contribution in [1.29, 1.82) is 5.26 Å².